The minimum absolute atomic E-state index is 0. The Morgan fingerprint density at radius 1 is 0.804 bits per heavy atom. The molecule has 0 bridgehead atoms. The molecule has 0 spiro atoms. The van der Waals surface area contributed by atoms with Crippen LogP contribution in [-0.4, -0.2) is 9.55 Å². The number of aromatic nitrogens is 2. The van der Waals surface area contributed by atoms with Gasteiger partial charge in [0.05, 0.1) is 11.6 Å². The molecule has 0 amide bonds. The average molecular weight is 782 g/mol. The number of pyridine rings is 1. The van der Waals surface area contributed by atoms with Gasteiger partial charge in [-0.25, -0.2) is 4.98 Å². The van der Waals surface area contributed by atoms with Gasteiger partial charge in [-0.2, -0.15) is 17.4 Å². The molecule has 1 aliphatic heterocycles. The van der Waals surface area contributed by atoms with Gasteiger partial charge in [0.1, 0.15) is 5.82 Å². The molecule has 0 atom stereocenters. The summed E-state index contributed by atoms with van der Waals surface area (Å²) >= 11 is 0. The molecule has 6 aromatic rings. The molecule has 0 saturated heterocycles. The van der Waals surface area contributed by atoms with Gasteiger partial charge in [-0.3, -0.25) is 0 Å². The van der Waals surface area contributed by atoms with E-state index in [2.05, 4.69) is 98.1 Å². The molecule has 0 unspecified atom stereocenters. The zero-order chi connectivity index (χ0) is 31.3. The normalized spacial score (nSPS) is 13.3. The van der Waals surface area contributed by atoms with E-state index in [1.54, 1.807) is 0 Å². The van der Waals surface area contributed by atoms with Crippen molar-refractivity contribution in [1.29, 1.82) is 5.26 Å². The van der Waals surface area contributed by atoms with Crippen molar-refractivity contribution in [3.63, 3.8) is 0 Å². The van der Waals surface area contributed by atoms with Crippen LogP contribution < -0.4 is 14.5 Å². The smallest absolute Gasteiger partial charge is 0.135 e. The van der Waals surface area contributed by atoms with Crippen LogP contribution in [0.2, 0.25) is 0 Å². The first kappa shape index (κ1) is 31.1. The molecule has 0 fully saturated rings. The summed E-state index contributed by atoms with van der Waals surface area (Å²) in [6.45, 7) is 12.9. The summed E-state index contributed by atoms with van der Waals surface area (Å²) in [4.78, 5) is 9.07. The first-order valence-corrected chi connectivity index (χ1v) is 14.9. The van der Waals surface area contributed by atoms with Crippen molar-refractivity contribution in [2.75, 3.05) is 9.80 Å². The SMILES string of the molecule is CC1=C(C)N(c2ccccc2)[CH-]N1c1[c-]c(Oc2[c-]c3c(cc2)c2cc(C#N)ccc2n3-c2cc(C(C)(C)C)ccn2)ccc1.[Pt]. The Morgan fingerprint density at radius 2 is 1.57 bits per heavy atom. The van der Waals surface area contributed by atoms with Gasteiger partial charge in [-0.05, 0) is 72.7 Å². The van der Waals surface area contributed by atoms with Crippen molar-refractivity contribution >= 4 is 33.2 Å². The molecule has 0 saturated carbocycles. The zero-order valence-electron chi connectivity index (χ0n) is 26.3. The third-order valence-corrected chi connectivity index (χ3v) is 8.36. The van der Waals surface area contributed by atoms with Crippen LogP contribution in [0.25, 0.3) is 27.6 Å². The van der Waals surface area contributed by atoms with Crippen molar-refractivity contribution in [1.82, 2.24) is 9.55 Å². The number of ether oxygens (including phenoxy) is 1. The van der Waals surface area contributed by atoms with E-state index in [9.17, 15) is 5.26 Å². The van der Waals surface area contributed by atoms with Gasteiger partial charge < -0.3 is 19.1 Å². The average Bonchev–Trinajstić information content (AvgIpc) is 3.53. The summed E-state index contributed by atoms with van der Waals surface area (Å²) in [5.41, 5.74) is 7.77. The summed E-state index contributed by atoms with van der Waals surface area (Å²) in [7, 11) is 0. The number of hydrogen-bond acceptors (Lipinski definition) is 5. The van der Waals surface area contributed by atoms with Gasteiger partial charge in [-0.1, -0.05) is 44.5 Å². The first-order valence-electron chi connectivity index (χ1n) is 14.9. The summed E-state index contributed by atoms with van der Waals surface area (Å²) in [6, 6.07) is 39.3. The molecular formula is C39H32N5OPt-3. The second-order valence-corrected chi connectivity index (χ2v) is 12.3. The number of rotatable bonds is 5. The van der Waals surface area contributed by atoms with E-state index in [-0.39, 0.29) is 26.5 Å². The second-order valence-electron chi connectivity index (χ2n) is 12.3. The van der Waals surface area contributed by atoms with E-state index in [1.807, 2.05) is 72.9 Å². The Kier molecular flexibility index (Phi) is 8.23. The fraction of sp³-hybridized carbons (Fsp3) is 0.154. The number of allylic oxidation sites excluding steroid dienone is 2. The molecule has 6 nitrogen and oxygen atoms in total. The third-order valence-electron chi connectivity index (χ3n) is 8.36. The fourth-order valence-corrected chi connectivity index (χ4v) is 5.78. The van der Waals surface area contributed by atoms with Crippen LogP contribution >= 0.6 is 0 Å². The number of para-hydroxylation sites is 1. The van der Waals surface area contributed by atoms with Gasteiger partial charge in [0, 0.05) is 61.4 Å². The van der Waals surface area contributed by atoms with Crippen molar-refractivity contribution in [3.05, 3.63) is 139 Å². The van der Waals surface area contributed by atoms with Crippen molar-refractivity contribution < 1.29 is 25.8 Å². The van der Waals surface area contributed by atoms with E-state index >= 15 is 0 Å². The van der Waals surface area contributed by atoms with Crippen LogP contribution in [0.15, 0.2) is 109 Å². The van der Waals surface area contributed by atoms with E-state index in [1.165, 1.54) is 5.56 Å². The molecular weight excluding hydrogens is 750 g/mol. The van der Waals surface area contributed by atoms with Crippen LogP contribution in [-0.2, 0) is 26.5 Å². The second kappa shape index (κ2) is 12.2. The molecule has 0 aliphatic carbocycles. The van der Waals surface area contributed by atoms with Gasteiger partial charge in [0.15, 0.2) is 0 Å². The minimum atomic E-state index is -0.0414. The predicted molar refractivity (Wildman–Crippen MR) is 180 cm³/mol. The van der Waals surface area contributed by atoms with E-state index in [0.29, 0.717) is 17.1 Å². The Hall–Kier alpha value is -4.85. The third kappa shape index (κ3) is 5.57. The van der Waals surface area contributed by atoms with E-state index < -0.39 is 0 Å². The van der Waals surface area contributed by atoms with Gasteiger partial charge >= 0.3 is 0 Å². The van der Waals surface area contributed by atoms with Crippen LogP contribution in [0.3, 0.4) is 0 Å². The monoisotopic (exact) mass is 781 g/mol. The van der Waals surface area contributed by atoms with E-state index in [0.717, 1.165) is 50.4 Å². The van der Waals surface area contributed by atoms with Crippen LogP contribution in [0.4, 0.5) is 11.4 Å². The minimum Gasteiger partial charge on any atom is -0.509 e. The number of nitrogens with zero attached hydrogens (tertiary/aromatic N) is 5. The summed E-state index contributed by atoms with van der Waals surface area (Å²) in [5, 5.41) is 11.6. The number of benzene rings is 4. The maximum absolute atomic E-state index is 9.62. The Morgan fingerprint density at radius 3 is 2.33 bits per heavy atom. The Balaban J connectivity index is 0.00000372. The van der Waals surface area contributed by atoms with Crippen LogP contribution in [0.1, 0.15) is 45.7 Å². The molecule has 7 rings (SSSR count). The molecule has 0 radical (unpaired) electrons. The standard InChI is InChI=1S/C39H32N5O.Pt/c1-26-27(2)43(25-42(26)30-10-7-6-8-11-30)31-12-9-13-32(22-31)45-33-15-16-34-35-20-28(24-40)14-17-36(35)44(37(34)23-33)38-21-29(18-19-41-38)39(3,4)5;/h6-21,25H,1-5H3;/q-3;. The zero-order valence-corrected chi connectivity index (χ0v) is 28.5. The molecule has 4 aromatic carbocycles. The predicted octanol–water partition coefficient (Wildman–Crippen LogP) is 9.44. The van der Waals surface area contributed by atoms with E-state index in [4.69, 9.17) is 9.72 Å². The summed E-state index contributed by atoms with van der Waals surface area (Å²) in [5.74, 6) is 1.94. The molecule has 7 heteroatoms. The molecule has 46 heavy (non-hydrogen) atoms. The maximum Gasteiger partial charge on any atom is 0.135 e. The number of fused-ring (bicyclic) bond motifs is 3. The van der Waals surface area contributed by atoms with Crippen molar-refractivity contribution in [3.8, 4) is 23.4 Å². The number of hydrogen-bond donors (Lipinski definition) is 0. The summed E-state index contributed by atoms with van der Waals surface area (Å²) in [6.07, 6.45) is 1.85. The van der Waals surface area contributed by atoms with Crippen LogP contribution in [0, 0.1) is 30.1 Å². The topological polar surface area (TPSA) is 57.3 Å². The molecule has 1 aliphatic rings. The first-order chi connectivity index (χ1) is 21.7. The molecule has 232 valence electrons. The molecule has 3 heterocycles. The summed E-state index contributed by atoms with van der Waals surface area (Å²) < 4.78 is 8.50. The van der Waals surface area contributed by atoms with Gasteiger partial charge in [0.2, 0.25) is 0 Å². The fourth-order valence-electron chi connectivity index (χ4n) is 5.78. The quantitative estimate of drug-likeness (QED) is 0.163. The van der Waals surface area contributed by atoms with Crippen molar-refractivity contribution in [2.45, 2.75) is 40.0 Å². The molecule has 2 aromatic heterocycles. The maximum atomic E-state index is 9.62. The largest absolute Gasteiger partial charge is 0.509 e. The molecule has 0 N–H and O–H groups in total. The Labute approximate surface area is 284 Å². The van der Waals surface area contributed by atoms with Crippen molar-refractivity contribution in [2.24, 2.45) is 0 Å². The van der Waals surface area contributed by atoms with Gasteiger partial charge in [-0.15, -0.1) is 48.1 Å². The number of nitriles is 1. The number of anilines is 2. The van der Waals surface area contributed by atoms with Gasteiger partial charge in [0.25, 0.3) is 0 Å². The Bertz CT molecular complexity index is 2150. The van der Waals surface area contributed by atoms with Crippen LogP contribution in [0.5, 0.6) is 11.5 Å².